The van der Waals surface area contributed by atoms with Gasteiger partial charge >= 0.3 is 0 Å². The molecule has 1 aromatic rings. The van der Waals surface area contributed by atoms with E-state index in [-0.39, 0.29) is 5.54 Å². The van der Waals surface area contributed by atoms with Crippen molar-refractivity contribution in [3.8, 4) is 0 Å². The Labute approximate surface area is 110 Å². The predicted octanol–water partition coefficient (Wildman–Crippen LogP) is 0.935. The molecule has 1 saturated heterocycles. The van der Waals surface area contributed by atoms with Crippen LogP contribution in [0.5, 0.6) is 0 Å². The van der Waals surface area contributed by atoms with Crippen LogP contribution >= 0.6 is 0 Å². The molecule has 2 rings (SSSR count). The molecule has 0 saturated carbocycles. The fraction of sp³-hybridized carbons (Fsp3) is 0.643. The Morgan fingerprint density at radius 1 is 1.50 bits per heavy atom. The lowest BCUT2D eigenvalue weighted by Gasteiger charge is -2.51. The Kier molecular flexibility index (Phi) is 4.00. The van der Waals surface area contributed by atoms with Gasteiger partial charge in [-0.05, 0) is 32.5 Å². The molecule has 4 heteroatoms. The summed E-state index contributed by atoms with van der Waals surface area (Å²) in [7, 11) is 2.17. The van der Waals surface area contributed by atoms with Gasteiger partial charge in [0, 0.05) is 50.2 Å². The predicted molar refractivity (Wildman–Crippen MR) is 74.2 cm³/mol. The summed E-state index contributed by atoms with van der Waals surface area (Å²) >= 11 is 0. The molecule has 0 amide bonds. The van der Waals surface area contributed by atoms with Crippen LogP contribution in [0.3, 0.4) is 0 Å². The summed E-state index contributed by atoms with van der Waals surface area (Å²) in [6.45, 7) is 8.33. The van der Waals surface area contributed by atoms with Gasteiger partial charge in [-0.1, -0.05) is 6.07 Å². The van der Waals surface area contributed by atoms with E-state index in [1.165, 1.54) is 5.56 Å². The molecular weight excluding hydrogens is 224 g/mol. The van der Waals surface area contributed by atoms with E-state index >= 15 is 0 Å². The van der Waals surface area contributed by atoms with Gasteiger partial charge < -0.3 is 10.6 Å². The maximum Gasteiger partial charge on any atom is 0.0354 e. The number of likely N-dealkylation sites (N-methyl/N-ethyl adjacent to an activating group) is 1. The highest BCUT2D eigenvalue weighted by molar-refractivity contribution is 5.10. The molecule has 0 bridgehead atoms. The maximum atomic E-state index is 5.95. The molecule has 100 valence electrons. The van der Waals surface area contributed by atoms with E-state index in [1.54, 1.807) is 0 Å². The van der Waals surface area contributed by atoms with Gasteiger partial charge in [0.05, 0.1) is 0 Å². The third-order valence-electron chi connectivity index (χ3n) is 3.75. The van der Waals surface area contributed by atoms with Crippen LogP contribution < -0.4 is 5.73 Å². The highest BCUT2D eigenvalue weighted by atomic mass is 15.3. The summed E-state index contributed by atoms with van der Waals surface area (Å²) in [5.74, 6) is 0. The van der Waals surface area contributed by atoms with E-state index in [1.807, 2.05) is 18.5 Å². The second-order valence-corrected chi connectivity index (χ2v) is 5.89. The highest BCUT2D eigenvalue weighted by Crippen LogP contribution is 2.26. The lowest BCUT2D eigenvalue weighted by molar-refractivity contribution is -0.0187. The van der Waals surface area contributed by atoms with Crippen molar-refractivity contribution in [2.24, 2.45) is 5.73 Å². The molecule has 2 heterocycles. The third-order valence-corrected chi connectivity index (χ3v) is 3.75. The molecule has 1 atom stereocenters. The minimum atomic E-state index is 0.146. The zero-order valence-electron chi connectivity index (χ0n) is 11.6. The molecule has 2 N–H and O–H groups in total. The molecular formula is C14H24N4. The summed E-state index contributed by atoms with van der Waals surface area (Å²) in [4.78, 5) is 9.09. The topological polar surface area (TPSA) is 45.4 Å². The normalized spacial score (nSPS) is 25.2. The summed E-state index contributed by atoms with van der Waals surface area (Å²) in [6.07, 6.45) is 3.76. The first-order valence-electron chi connectivity index (χ1n) is 6.57. The van der Waals surface area contributed by atoms with Gasteiger partial charge in [-0.25, -0.2) is 0 Å². The van der Waals surface area contributed by atoms with Gasteiger partial charge in [-0.15, -0.1) is 0 Å². The first-order chi connectivity index (χ1) is 8.53. The van der Waals surface area contributed by atoms with E-state index in [0.717, 1.165) is 19.6 Å². The quantitative estimate of drug-likeness (QED) is 0.864. The highest BCUT2D eigenvalue weighted by Gasteiger charge is 2.37. The summed E-state index contributed by atoms with van der Waals surface area (Å²) in [5.41, 5.74) is 7.35. The smallest absolute Gasteiger partial charge is 0.0354 e. The van der Waals surface area contributed by atoms with Gasteiger partial charge in [0.2, 0.25) is 0 Å². The van der Waals surface area contributed by atoms with Crippen molar-refractivity contribution in [3.05, 3.63) is 30.1 Å². The van der Waals surface area contributed by atoms with Gasteiger partial charge in [0.1, 0.15) is 0 Å². The van der Waals surface area contributed by atoms with Crippen molar-refractivity contribution in [3.63, 3.8) is 0 Å². The first kappa shape index (κ1) is 13.5. The van der Waals surface area contributed by atoms with Crippen LogP contribution in [-0.2, 0) is 6.54 Å². The molecule has 4 nitrogen and oxygen atoms in total. The van der Waals surface area contributed by atoms with E-state index < -0.39 is 0 Å². The summed E-state index contributed by atoms with van der Waals surface area (Å²) in [5, 5.41) is 0. The Hall–Kier alpha value is -0.970. The molecule has 0 aromatic carbocycles. The number of piperazine rings is 1. The van der Waals surface area contributed by atoms with Crippen LogP contribution in [0.25, 0.3) is 0 Å². The Morgan fingerprint density at radius 2 is 2.28 bits per heavy atom. The van der Waals surface area contributed by atoms with Crippen LogP contribution in [0.2, 0.25) is 0 Å². The van der Waals surface area contributed by atoms with Crippen LogP contribution in [-0.4, -0.2) is 53.0 Å². The van der Waals surface area contributed by atoms with Crippen LogP contribution in [0.4, 0.5) is 0 Å². The van der Waals surface area contributed by atoms with E-state index in [4.69, 9.17) is 5.73 Å². The van der Waals surface area contributed by atoms with Crippen molar-refractivity contribution < 1.29 is 0 Å². The minimum absolute atomic E-state index is 0.146. The SMILES string of the molecule is CN1CC(CN)N(Cc2cccnc2)C(C)(C)C1. The van der Waals surface area contributed by atoms with Crippen molar-refractivity contribution in [1.82, 2.24) is 14.8 Å². The van der Waals surface area contributed by atoms with Crippen LogP contribution in [0.1, 0.15) is 19.4 Å². The Balaban J connectivity index is 2.17. The zero-order chi connectivity index (χ0) is 13.2. The number of aromatic nitrogens is 1. The fourth-order valence-electron chi connectivity index (χ4n) is 3.00. The maximum absolute atomic E-state index is 5.95. The second-order valence-electron chi connectivity index (χ2n) is 5.89. The number of nitrogens with two attached hydrogens (primary N) is 1. The molecule has 18 heavy (non-hydrogen) atoms. The van der Waals surface area contributed by atoms with Gasteiger partial charge in [-0.3, -0.25) is 9.88 Å². The molecule has 0 spiro atoms. The largest absolute Gasteiger partial charge is 0.329 e. The van der Waals surface area contributed by atoms with Gasteiger partial charge in [0.25, 0.3) is 0 Å². The number of nitrogens with zero attached hydrogens (tertiary/aromatic N) is 3. The molecule has 1 fully saturated rings. The monoisotopic (exact) mass is 248 g/mol. The van der Waals surface area contributed by atoms with Crippen LogP contribution in [0.15, 0.2) is 24.5 Å². The van der Waals surface area contributed by atoms with Crippen molar-refractivity contribution in [1.29, 1.82) is 0 Å². The summed E-state index contributed by atoms with van der Waals surface area (Å²) in [6, 6.07) is 4.55. The number of pyridine rings is 1. The van der Waals surface area contributed by atoms with Crippen LogP contribution in [0, 0.1) is 0 Å². The van der Waals surface area contributed by atoms with Gasteiger partial charge in [-0.2, -0.15) is 0 Å². The van der Waals surface area contributed by atoms with E-state index in [0.29, 0.717) is 12.6 Å². The molecule has 1 aromatic heterocycles. The number of hydrogen-bond acceptors (Lipinski definition) is 4. The average Bonchev–Trinajstić information content (AvgIpc) is 2.33. The minimum Gasteiger partial charge on any atom is -0.329 e. The molecule has 1 unspecified atom stereocenters. The number of hydrogen-bond donors (Lipinski definition) is 1. The van der Waals surface area contributed by atoms with Gasteiger partial charge in [0.15, 0.2) is 0 Å². The average molecular weight is 248 g/mol. The number of rotatable bonds is 3. The fourth-order valence-corrected chi connectivity index (χ4v) is 3.00. The first-order valence-corrected chi connectivity index (χ1v) is 6.57. The standard InChI is InChI=1S/C14H24N4/c1-14(2)11-17(3)10-13(7-15)18(14)9-12-5-4-6-16-8-12/h4-6,8,13H,7,9-11,15H2,1-3H3. The summed E-state index contributed by atoms with van der Waals surface area (Å²) < 4.78 is 0. The second kappa shape index (κ2) is 5.34. The van der Waals surface area contributed by atoms with Crippen molar-refractivity contribution in [2.45, 2.75) is 32.0 Å². The van der Waals surface area contributed by atoms with Crippen molar-refractivity contribution in [2.75, 3.05) is 26.7 Å². The van der Waals surface area contributed by atoms with Crippen molar-refractivity contribution >= 4 is 0 Å². The third kappa shape index (κ3) is 2.88. The lowest BCUT2D eigenvalue weighted by atomic mass is 9.94. The molecule has 1 aliphatic rings. The molecule has 0 aliphatic carbocycles. The molecule has 0 radical (unpaired) electrons. The molecule has 1 aliphatic heterocycles. The zero-order valence-corrected chi connectivity index (χ0v) is 11.6. The van der Waals surface area contributed by atoms with E-state index in [2.05, 4.69) is 41.7 Å². The Morgan fingerprint density at radius 3 is 2.89 bits per heavy atom. The Bertz CT molecular complexity index is 377. The lowest BCUT2D eigenvalue weighted by Crippen LogP contribution is -2.64. The van der Waals surface area contributed by atoms with E-state index in [9.17, 15) is 0 Å².